The summed E-state index contributed by atoms with van der Waals surface area (Å²) in [4.78, 5) is 25.8. The van der Waals surface area contributed by atoms with E-state index in [-0.39, 0.29) is 17.9 Å². The standard InChI is InChI=1S/C14H25N3O2/c1-2-12-14(19)16-8-9-17(12)13(18)6-5-11-4-3-7-15-10-11/h11-12,15H,2-10H2,1H3,(H,16,19). The minimum atomic E-state index is -0.259. The van der Waals surface area contributed by atoms with Gasteiger partial charge in [0.05, 0.1) is 0 Å². The Bertz CT molecular complexity index is 327. The van der Waals surface area contributed by atoms with Crippen LogP contribution in [0.5, 0.6) is 0 Å². The zero-order chi connectivity index (χ0) is 13.7. The van der Waals surface area contributed by atoms with Gasteiger partial charge in [-0.3, -0.25) is 9.59 Å². The van der Waals surface area contributed by atoms with Crippen molar-refractivity contribution in [2.45, 2.75) is 45.1 Å². The second-order valence-electron chi connectivity index (χ2n) is 5.55. The molecule has 0 aromatic rings. The van der Waals surface area contributed by atoms with Gasteiger partial charge in [0.15, 0.2) is 0 Å². The van der Waals surface area contributed by atoms with E-state index in [1.165, 1.54) is 12.8 Å². The van der Waals surface area contributed by atoms with Crippen LogP contribution in [0.4, 0.5) is 0 Å². The molecule has 0 saturated carbocycles. The first-order chi connectivity index (χ1) is 9.22. The van der Waals surface area contributed by atoms with Gasteiger partial charge in [-0.15, -0.1) is 0 Å². The Morgan fingerprint density at radius 3 is 2.95 bits per heavy atom. The van der Waals surface area contributed by atoms with Crippen molar-refractivity contribution in [2.75, 3.05) is 26.2 Å². The Labute approximate surface area is 115 Å². The highest BCUT2D eigenvalue weighted by molar-refractivity contribution is 5.88. The van der Waals surface area contributed by atoms with Crippen LogP contribution in [0.2, 0.25) is 0 Å². The van der Waals surface area contributed by atoms with E-state index in [9.17, 15) is 9.59 Å². The zero-order valence-corrected chi connectivity index (χ0v) is 11.8. The number of nitrogens with one attached hydrogen (secondary N) is 2. The number of hydrogen-bond donors (Lipinski definition) is 2. The summed E-state index contributed by atoms with van der Waals surface area (Å²) in [5.41, 5.74) is 0. The van der Waals surface area contributed by atoms with Gasteiger partial charge in [0.1, 0.15) is 6.04 Å². The van der Waals surface area contributed by atoms with Crippen molar-refractivity contribution in [2.24, 2.45) is 5.92 Å². The first-order valence-corrected chi connectivity index (χ1v) is 7.50. The van der Waals surface area contributed by atoms with Gasteiger partial charge in [-0.25, -0.2) is 0 Å². The normalized spacial score (nSPS) is 28.1. The summed E-state index contributed by atoms with van der Waals surface area (Å²) in [6.07, 6.45) is 4.65. The quantitative estimate of drug-likeness (QED) is 0.780. The monoisotopic (exact) mass is 267 g/mol. The molecule has 0 aliphatic carbocycles. The molecule has 2 saturated heterocycles. The van der Waals surface area contributed by atoms with Crippen LogP contribution in [0.3, 0.4) is 0 Å². The fraction of sp³-hybridized carbons (Fsp3) is 0.857. The molecule has 0 aromatic heterocycles. The van der Waals surface area contributed by atoms with Crippen LogP contribution >= 0.6 is 0 Å². The Kier molecular flexibility index (Phi) is 5.19. The van der Waals surface area contributed by atoms with Crippen LogP contribution < -0.4 is 10.6 Å². The summed E-state index contributed by atoms with van der Waals surface area (Å²) in [5, 5.41) is 6.21. The maximum Gasteiger partial charge on any atom is 0.242 e. The lowest BCUT2D eigenvalue weighted by molar-refractivity contribution is -0.143. The van der Waals surface area contributed by atoms with E-state index in [4.69, 9.17) is 0 Å². The average Bonchev–Trinajstić information content (AvgIpc) is 2.45. The van der Waals surface area contributed by atoms with Crippen LogP contribution in [0, 0.1) is 5.92 Å². The highest BCUT2D eigenvalue weighted by Crippen LogP contribution is 2.18. The molecule has 2 N–H and O–H groups in total. The maximum absolute atomic E-state index is 12.3. The molecule has 2 unspecified atom stereocenters. The summed E-state index contributed by atoms with van der Waals surface area (Å²) < 4.78 is 0. The van der Waals surface area contributed by atoms with Gasteiger partial charge in [0.2, 0.25) is 11.8 Å². The summed E-state index contributed by atoms with van der Waals surface area (Å²) in [6.45, 7) is 5.35. The van der Waals surface area contributed by atoms with E-state index in [1.807, 2.05) is 6.92 Å². The van der Waals surface area contributed by atoms with E-state index in [2.05, 4.69) is 10.6 Å². The van der Waals surface area contributed by atoms with Gasteiger partial charge in [0, 0.05) is 19.5 Å². The summed E-state index contributed by atoms with van der Waals surface area (Å²) >= 11 is 0. The number of carbonyl (C=O) groups is 2. The summed E-state index contributed by atoms with van der Waals surface area (Å²) in [7, 11) is 0. The molecule has 2 heterocycles. The van der Waals surface area contributed by atoms with Crippen molar-refractivity contribution >= 4 is 11.8 Å². The SMILES string of the molecule is CCC1C(=O)NCCN1C(=O)CCC1CCCNC1. The van der Waals surface area contributed by atoms with Crippen molar-refractivity contribution in [1.82, 2.24) is 15.5 Å². The Morgan fingerprint density at radius 2 is 2.26 bits per heavy atom. The fourth-order valence-corrected chi connectivity index (χ4v) is 3.06. The molecule has 5 nitrogen and oxygen atoms in total. The lowest BCUT2D eigenvalue weighted by Gasteiger charge is -2.35. The van der Waals surface area contributed by atoms with Crippen molar-refractivity contribution < 1.29 is 9.59 Å². The van der Waals surface area contributed by atoms with Gasteiger partial charge in [-0.05, 0) is 44.7 Å². The van der Waals surface area contributed by atoms with Gasteiger partial charge in [-0.1, -0.05) is 6.92 Å². The van der Waals surface area contributed by atoms with Crippen LogP contribution in [-0.4, -0.2) is 48.9 Å². The van der Waals surface area contributed by atoms with Crippen LogP contribution in [-0.2, 0) is 9.59 Å². The number of amides is 2. The summed E-state index contributed by atoms with van der Waals surface area (Å²) in [5.74, 6) is 0.769. The van der Waals surface area contributed by atoms with E-state index < -0.39 is 0 Å². The number of hydrogen-bond acceptors (Lipinski definition) is 3. The number of piperazine rings is 1. The first-order valence-electron chi connectivity index (χ1n) is 7.50. The molecule has 0 radical (unpaired) electrons. The molecular weight excluding hydrogens is 242 g/mol. The molecule has 2 aliphatic heterocycles. The molecule has 19 heavy (non-hydrogen) atoms. The van der Waals surface area contributed by atoms with E-state index in [1.54, 1.807) is 4.90 Å². The second kappa shape index (κ2) is 6.89. The number of nitrogens with zero attached hydrogens (tertiary/aromatic N) is 1. The molecule has 2 aliphatic rings. The molecule has 2 fully saturated rings. The van der Waals surface area contributed by atoms with Gasteiger partial charge in [0.25, 0.3) is 0 Å². The minimum absolute atomic E-state index is 0.00133. The number of carbonyl (C=O) groups excluding carboxylic acids is 2. The van der Waals surface area contributed by atoms with Crippen LogP contribution in [0.1, 0.15) is 39.0 Å². The third-order valence-corrected chi connectivity index (χ3v) is 4.20. The van der Waals surface area contributed by atoms with E-state index >= 15 is 0 Å². The van der Waals surface area contributed by atoms with E-state index in [0.717, 1.165) is 19.5 Å². The number of rotatable bonds is 4. The fourth-order valence-electron chi connectivity index (χ4n) is 3.06. The Balaban J connectivity index is 1.82. The second-order valence-corrected chi connectivity index (χ2v) is 5.55. The third-order valence-electron chi connectivity index (χ3n) is 4.20. The van der Waals surface area contributed by atoms with E-state index in [0.29, 0.717) is 31.8 Å². The molecule has 2 rings (SSSR count). The highest BCUT2D eigenvalue weighted by Gasteiger charge is 2.31. The lowest BCUT2D eigenvalue weighted by atomic mass is 9.94. The van der Waals surface area contributed by atoms with Gasteiger partial charge >= 0.3 is 0 Å². The van der Waals surface area contributed by atoms with Crippen LogP contribution in [0.25, 0.3) is 0 Å². The maximum atomic E-state index is 12.3. The molecule has 0 bridgehead atoms. The highest BCUT2D eigenvalue weighted by atomic mass is 16.2. The predicted molar refractivity (Wildman–Crippen MR) is 73.6 cm³/mol. The van der Waals surface area contributed by atoms with Crippen molar-refractivity contribution in [3.63, 3.8) is 0 Å². The molecule has 0 spiro atoms. The smallest absolute Gasteiger partial charge is 0.242 e. The minimum Gasteiger partial charge on any atom is -0.353 e. The molecule has 2 atom stereocenters. The first kappa shape index (κ1) is 14.3. The molecule has 0 aromatic carbocycles. The molecule has 2 amide bonds. The molecular formula is C14H25N3O2. The zero-order valence-electron chi connectivity index (χ0n) is 11.8. The largest absolute Gasteiger partial charge is 0.353 e. The van der Waals surface area contributed by atoms with Crippen molar-refractivity contribution in [1.29, 1.82) is 0 Å². The Hall–Kier alpha value is -1.10. The average molecular weight is 267 g/mol. The third kappa shape index (κ3) is 3.69. The van der Waals surface area contributed by atoms with Gasteiger partial charge < -0.3 is 15.5 Å². The predicted octanol–water partition coefficient (Wildman–Crippen LogP) is 0.503. The van der Waals surface area contributed by atoms with Crippen molar-refractivity contribution in [3.8, 4) is 0 Å². The topological polar surface area (TPSA) is 61.4 Å². The van der Waals surface area contributed by atoms with Crippen LogP contribution in [0.15, 0.2) is 0 Å². The number of piperidine rings is 1. The van der Waals surface area contributed by atoms with Gasteiger partial charge in [-0.2, -0.15) is 0 Å². The molecule has 5 heteroatoms. The van der Waals surface area contributed by atoms with Crippen molar-refractivity contribution in [3.05, 3.63) is 0 Å². The lowest BCUT2D eigenvalue weighted by Crippen LogP contribution is -2.56. The molecule has 108 valence electrons. The summed E-state index contributed by atoms with van der Waals surface area (Å²) in [6, 6.07) is -0.259. The Morgan fingerprint density at radius 1 is 1.42 bits per heavy atom.